The largest absolute Gasteiger partial charge is 0.508 e. The number of rotatable bonds is 10. The number of ether oxygens (including phenoxy) is 1. The smallest absolute Gasteiger partial charge is 0.255 e. The molecule has 0 aromatic heterocycles. The molecule has 12 heteroatoms. The summed E-state index contributed by atoms with van der Waals surface area (Å²) < 4.78 is 5.67. The summed E-state index contributed by atoms with van der Waals surface area (Å²) in [6, 6.07) is 7.44. The maximum absolute atomic E-state index is 14.1. The summed E-state index contributed by atoms with van der Waals surface area (Å²) in [7, 11) is 4.62. The van der Waals surface area contributed by atoms with Gasteiger partial charge in [0.05, 0.1) is 25.3 Å². The number of likely N-dealkylation sites (N-methyl/N-ethyl adjacent to an activating group) is 1. The third kappa shape index (κ3) is 5.16. The number of fused-ring (bicyclic) bond motifs is 3. The van der Waals surface area contributed by atoms with E-state index in [1.54, 1.807) is 26.2 Å². The number of aliphatic hydroxyl groups is 3. The molecule has 1 saturated carbocycles. The van der Waals surface area contributed by atoms with E-state index in [0.717, 1.165) is 12.0 Å². The molecule has 1 amide bonds. The first kappa shape index (κ1) is 32.9. The number of benzene rings is 2. The number of hydrogen-bond donors (Lipinski definition) is 6. The maximum Gasteiger partial charge on any atom is 0.255 e. The number of aromatic hydroxyl groups is 1. The Morgan fingerprint density at radius 2 is 1.83 bits per heavy atom. The Morgan fingerprint density at radius 3 is 2.46 bits per heavy atom. The first-order valence-corrected chi connectivity index (χ1v) is 15.2. The number of nitrogens with one attached hydrogen (secondary N) is 1. The lowest BCUT2D eigenvalue weighted by Gasteiger charge is -2.50. The van der Waals surface area contributed by atoms with Crippen LogP contribution in [0.4, 0.5) is 0 Å². The van der Waals surface area contributed by atoms with Crippen LogP contribution in [0.2, 0.25) is 0 Å². The molecule has 0 heterocycles. The fourth-order valence-electron chi connectivity index (χ4n) is 7.29. The van der Waals surface area contributed by atoms with E-state index in [2.05, 4.69) is 5.32 Å². The van der Waals surface area contributed by atoms with Gasteiger partial charge in [-0.25, -0.2) is 0 Å². The van der Waals surface area contributed by atoms with Gasteiger partial charge in [0, 0.05) is 30.0 Å². The van der Waals surface area contributed by atoms with Crippen LogP contribution < -0.4 is 15.8 Å². The number of carbonyl (C=O) groups excluding carboxylic acids is 4. The van der Waals surface area contributed by atoms with E-state index >= 15 is 0 Å². The minimum atomic E-state index is -2.71. The molecule has 0 saturated heterocycles. The average molecular weight is 634 g/mol. The van der Waals surface area contributed by atoms with Crippen molar-refractivity contribution in [2.75, 3.05) is 27.7 Å². The molecule has 4 atom stereocenters. The van der Waals surface area contributed by atoms with E-state index in [1.165, 1.54) is 18.1 Å². The molecule has 3 aliphatic rings. The molecule has 46 heavy (non-hydrogen) atoms. The van der Waals surface area contributed by atoms with Crippen LogP contribution in [0.3, 0.4) is 0 Å². The van der Waals surface area contributed by atoms with Crippen LogP contribution in [0.15, 0.2) is 47.2 Å². The third-order valence-electron chi connectivity index (χ3n) is 9.34. The van der Waals surface area contributed by atoms with Crippen LogP contribution in [0, 0.1) is 11.8 Å². The summed E-state index contributed by atoms with van der Waals surface area (Å²) in [6.07, 6.45) is 1.38. The predicted octanol–water partition coefficient (Wildman–Crippen LogP) is 2.10. The minimum absolute atomic E-state index is 0.00969. The zero-order valence-electron chi connectivity index (χ0n) is 26.2. The number of phenols is 1. The summed E-state index contributed by atoms with van der Waals surface area (Å²) in [5.41, 5.74) is 4.25. The molecule has 2 aromatic carbocycles. The minimum Gasteiger partial charge on any atom is -0.508 e. The number of carbonyl (C=O) groups is 4. The van der Waals surface area contributed by atoms with Crippen molar-refractivity contribution in [1.82, 2.24) is 10.2 Å². The number of amides is 1. The van der Waals surface area contributed by atoms with E-state index in [-0.39, 0.29) is 42.1 Å². The van der Waals surface area contributed by atoms with Gasteiger partial charge in [0.1, 0.15) is 34.4 Å². The van der Waals surface area contributed by atoms with E-state index in [4.69, 9.17) is 10.5 Å². The molecule has 0 spiro atoms. The number of nitrogens with zero attached hydrogens (tertiary/aromatic N) is 1. The van der Waals surface area contributed by atoms with Gasteiger partial charge in [0.15, 0.2) is 11.4 Å². The normalized spacial score (nSPS) is 24.1. The summed E-state index contributed by atoms with van der Waals surface area (Å²) in [6.45, 7) is 2.58. The van der Waals surface area contributed by atoms with Crippen molar-refractivity contribution in [2.45, 2.75) is 50.8 Å². The second-order valence-corrected chi connectivity index (χ2v) is 12.4. The highest BCUT2D eigenvalue weighted by Crippen LogP contribution is 2.54. The molecular weight excluding hydrogens is 594 g/mol. The fraction of sp³-hybridized carbons (Fsp3) is 0.412. The number of hydrogen-bond acceptors (Lipinski definition) is 11. The Balaban J connectivity index is 1.63. The standard InChI is InChI=1S/C34H39N3O9/c1-5-6-18(38)15-36-14-16-7-10-24(46-4)20(11-16)19-8-9-23(39)26-21(19)12-17-13-22-28(37(2)3)30(41)27(33(35)44)32(43)34(22,45)31(42)25(17)29(26)40/h7-11,17,22,28,36,39-40,43,45H,5-6,12-15H2,1-4H3,(H2,35,44)/t17-,22-,28-,34-/m0/s1. The lowest BCUT2D eigenvalue weighted by molar-refractivity contribution is -0.153. The summed E-state index contributed by atoms with van der Waals surface area (Å²) in [4.78, 5) is 53.1. The molecule has 244 valence electrons. The van der Waals surface area contributed by atoms with Gasteiger partial charge in [-0.2, -0.15) is 0 Å². The maximum atomic E-state index is 14.1. The van der Waals surface area contributed by atoms with Crippen LogP contribution in [-0.2, 0) is 32.1 Å². The van der Waals surface area contributed by atoms with Crippen LogP contribution in [0.5, 0.6) is 11.5 Å². The SMILES string of the molecule is CCCC(=O)CNCc1ccc(OC)c(-c2ccc(O)c3c2C[C@H]2C[C@H]4[C@H](N(C)C)C(=O)C(C(N)=O)=C(O)[C@@]4(O)C(=O)C2=C3O)c1. The average Bonchev–Trinajstić information content (AvgIpc) is 2.99. The highest BCUT2D eigenvalue weighted by atomic mass is 16.5. The van der Waals surface area contributed by atoms with E-state index in [0.29, 0.717) is 35.4 Å². The fourth-order valence-corrected chi connectivity index (χ4v) is 7.29. The summed E-state index contributed by atoms with van der Waals surface area (Å²) >= 11 is 0. The van der Waals surface area contributed by atoms with E-state index in [9.17, 15) is 39.6 Å². The first-order valence-electron chi connectivity index (χ1n) is 15.2. The van der Waals surface area contributed by atoms with Crippen molar-refractivity contribution < 1.29 is 44.3 Å². The Hall–Kier alpha value is -4.52. The molecule has 0 unspecified atom stereocenters. The molecule has 1 fully saturated rings. The number of ketones is 3. The van der Waals surface area contributed by atoms with Crippen molar-refractivity contribution in [3.8, 4) is 22.6 Å². The van der Waals surface area contributed by atoms with Crippen LogP contribution in [-0.4, -0.2) is 88.0 Å². The second kappa shape index (κ2) is 12.3. The molecule has 3 aliphatic carbocycles. The molecule has 12 nitrogen and oxygen atoms in total. The molecular formula is C34H39N3O9. The second-order valence-electron chi connectivity index (χ2n) is 12.4. The number of phenolic OH excluding ortho intramolecular Hbond substituents is 1. The lowest BCUT2D eigenvalue weighted by Crippen LogP contribution is -2.65. The highest BCUT2D eigenvalue weighted by molar-refractivity contribution is 6.24. The van der Waals surface area contributed by atoms with Gasteiger partial charge in [-0.15, -0.1) is 0 Å². The Labute approximate surface area is 266 Å². The molecule has 0 aliphatic heterocycles. The topological polar surface area (TPSA) is 200 Å². The number of Topliss-reactive ketones (excluding diaryl/α,β-unsaturated/α-hetero) is 3. The van der Waals surface area contributed by atoms with Gasteiger partial charge >= 0.3 is 0 Å². The predicted molar refractivity (Wildman–Crippen MR) is 168 cm³/mol. The van der Waals surface area contributed by atoms with E-state index in [1.807, 2.05) is 19.1 Å². The van der Waals surface area contributed by atoms with Crippen LogP contribution in [0.25, 0.3) is 16.9 Å². The van der Waals surface area contributed by atoms with Crippen LogP contribution in [0.1, 0.15) is 42.9 Å². The Bertz CT molecular complexity index is 1710. The number of aliphatic hydroxyl groups excluding tert-OH is 2. The zero-order chi connectivity index (χ0) is 33.7. The van der Waals surface area contributed by atoms with Gasteiger partial charge in [-0.3, -0.25) is 24.1 Å². The first-order chi connectivity index (χ1) is 21.8. The van der Waals surface area contributed by atoms with Gasteiger partial charge in [0.25, 0.3) is 5.91 Å². The molecule has 0 radical (unpaired) electrons. The molecule has 0 bridgehead atoms. The van der Waals surface area contributed by atoms with Gasteiger partial charge < -0.3 is 36.2 Å². The van der Waals surface area contributed by atoms with Crippen LogP contribution >= 0.6 is 0 Å². The monoisotopic (exact) mass is 633 g/mol. The number of methoxy groups -OCH3 is 1. The Morgan fingerprint density at radius 1 is 1.11 bits per heavy atom. The summed E-state index contributed by atoms with van der Waals surface area (Å²) in [5.74, 6) is -6.44. The molecule has 2 aromatic rings. The van der Waals surface area contributed by atoms with Crippen molar-refractivity contribution in [3.63, 3.8) is 0 Å². The third-order valence-corrected chi connectivity index (χ3v) is 9.34. The quantitative estimate of drug-likeness (QED) is 0.209. The summed E-state index contributed by atoms with van der Waals surface area (Å²) in [5, 5.41) is 48.6. The van der Waals surface area contributed by atoms with Crippen molar-refractivity contribution in [1.29, 1.82) is 0 Å². The van der Waals surface area contributed by atoms with E-state index < -0.39 is 58.0 Å². The van der Waals surface area contributed by atoms with Gasteiger partial charge in [-0.1, -0.05) is 19.1 Å². The van der Waals surface area contributed by atoms with Crippen molar-refractivity contribution >= 4 is 29.0 Å². The molecule has 5 rings (SSSR count). The number of nitrogens with two attached hydrogens (primary N) is 1. The highest BCUT2D eigenvalue weighted by Gasteiger charge is 2.64. The molecule has 7 N–H and O–H groups in total. The zero-order valence-corrected chi connectivity index (χ0v) is 26.2. The Kier molecular flexibility index (Phi) is 8.82. The van der Waals surface area contributed by atoms with Crippen molar-refractivity contribution in [3.05, 3.63) is 63.9 Å². The number of primary amides is 1. The van der Waals surface area contributed by atoms with Crippen molar-refractivity contribution in [2.24, 2.45) is 17.6 Å². The van der Waals surface area contributed by atoms with Gasteiger partial charge in [0.2, 0.25) is 5.78 Å². The van der Waals surface area contributed by atoms with Gasteiger partial charge in [-0.05, 0) is 74.2 Å². The lowest BCUT2D eigenvalue weighted by atomic mass is 9.57.